The second-order valence-corrected chi connectivity index (χ2v) is 7.52. The number of aryl methyl sites for hydroxylation is 1. The quantitative estimate of drug-likeness (QED) is 0.263. The first-order valence-corrected chi connectivity index (χ1v) is 10.1. The molecule has 1 aromatic carbocycles. The molecule has 0 bridgehead atoms. The summed E-state index contributed by atoms with van der Waals surface area (Å²) in [6, 6.07) is 7.09. The maximum absolute atomic E-state index is 10.8. The van der Waals surface area contributed by atoms with Crippen molar-refractivity contribution in [3.05, 3.63) is 30.1 Å². The van der Waals surface area contributed by atoms with E-state index in [-0.39, 0.29) is 30.3 Å². The Morgan fingerprint density at radius 2 is 1.47 bits per heavy atom. The molecule has 158 valence electrons. The van der Waals surface area contributed by atoms with Crippen LogP contribution in [0.2, 0.25) is 0 Å². The van der Waals surface area contributed by atoms with Crippen LogP contribution in [0.25, 0.3) is 0 Å². The Balaban J connectivity index is 1.72. The normalized spacial score (nSPS) is 11.1. The third-order valence-corrected chi connectivity index (χ3v) is 4.16. The Hall–Kier alpha value is -3.85. The largest absolute Gasteiger partial charge is 0.368 e. The van der Waals surface area contributed by atoms with Crippen LogP contribution in [-0.2, 0) is 10.1 Å². The Morgan fingerprint density at radius 1 is 0.900 bits per heavy atom. The van der Waals surface area contributed by atoms with Gasteiger partial charge in [0, 0.05) is 17.9 Å². The molecule has 2 heterocycles. The minimum absolute atomic E-state index is 0.0547. The minimum atomic E-state index is -4.11. The lowest BCUT2D eigenvalue weighted by atomic mass is 10.3. The van der Waals surface area contributed by atoms with E-state index in [1.807, 2.05) is 0 Å². The van der Waals surface area contributed by atoms with Crippen molar-refractivity contribution in [1.29, 1.82) is 0 Å². The van der Waals surface area contributed by atoms with Crippen LogP contribution in [-0.4, -0.2) is 55.2 Å². The third kappa shape index (κ3) is 6.35. The average molecular weight is 433 g/mol. The van der Waals surface area contributed by atoms with Gasteiger partial charge in [-0.1, -0.05) is 6.07 Å². The molecule has 0 saturated heterocycles. The molecule has 14 nitrogen and oxygen atoms in total. The highest BCUT2D eigenvalue weighted by molar-refractivity contribution is 7.85. The van der Waals surface area contributed by atoms with Crippen LogP contribution >= 0.6 is 0 Å². The summed E-state index contributed by atoms with van der Waals surface area (Å²) in [5.74, 6) is 0.492. The molecule has 0 aliphatic heterocycles. The zero-order chi connectivity index (χ0) is 21.7. The topological polar surface area (TPSA) is 220 Å². The van der Waals surface area contributed by atoms with Crippen molar-refractivity contribution in [1.82, 2.24) is 29.9 Å². The first-order chi connectivity index (χ1) is 14.2. The Kier molecular flexibility index (Phi) is 6.03. The molecule has 3 rings (SSSR count). The van der Waals surface area contributed by atoms with Crippen molar-refractivity contribution in [2.24, 2.45) is 0 Å². The molecule has 0 radical (unpaired) electrons. The molecule has 0 atom stereocenters. The molecular weight excluding hydrogens is 414 g/mol. The van der Waals surface area contributed by atoms with E-state index >= 15 is 0 Å². The van der Waals surface area contributed by atoms with Gasteiger partial charge in [0.1, 0.15) is 5.82 Å². The Morgan fingerprint density at radius 3 is 2.07 bits per heavy atom. The summed E-state index contributed by atoms with van der Waals surface area (Å²) >= 11 is 0. The van der Waals surface area contributed by atoms with E-state index in [4.69, 9.17) is 16.0 Å². The molecule has 30 heavy (non-hydrogen) atoms. The summed E-state index contributed by atoms with van der Waals surface area (Å²) in [4.78, 5) is 24.1. The van der Waals surface area contributed by atoms with E-state index in [0.29, 0.717) is 23.1 Å². The number of nitrogen functional groups attached to an aromatic ring is 2. The standard InChI is InChI=1S/C15H19N11O3S/c1-8-19-11(16)24-14(20-8)21-9-3-2-4-10(7-9)22-15-25-12(17)23-13(26-15)18-5-6-30(27,28)29/h2-4,7H,5-6H2,1H3,(H,27,28,29)(H3,16,19,20,21,24)(H4,17,18,22,23,25,26). The van der Waals surface area contributed by atoms with Crippen molar-refractivity contribution >= 4 is 51.2 Å². The second kappa shape index (κ2) is 8.66. The third-order valence-electron chi connectivity index (χ3n) is 3.44. The van der Waals surface area contributed by atoms with E-state index < -0.39 is 15.9 Å². The van der Waals surface area contributed by atoms with Crippen LogP contribution in [0.1, 0.15) is 5.82 Å². The molecule has 8 N–H and O–H groups in total. The Bertz CT molecular complexity index is 1140. The predicted molar refractivity (Wildman–Crippen MR) is 111 cm³/mol. The lowest BCUT2D eigenvalue weighted by Crippen LogP contribution is -2.17. The van der Waals surface area contributed by atoms with Gasteiger partial charge in [0.2, 0.25) is 29.7 Å². The SMILES string of the molecule is Cc1nc(N)nc(Nc2cccc(Nc3nc(N)nc(NCCS(=O)(=O)O)n3)c2)n1. The van der Waals surface area contributed by atoms with E-state index in [1.165, 1.54) is 0 Å². The molecule has 2 aromatic heterocycles. The van der Waals surface area contributed by atoms with Crippen LogP contribution in [0, 0.1) is 6.92 Å². The Labute approximate surface area is 171 Å². The van der Waals surface area contributed by atoms with E-state index in [1.54, 1.807) is 31.2 Å². The molecule has 0 amide bonds. The number of nitrogens with zero attached hydrogens (tertiary/aromatic N) is 6. The number of hydrogen-bond acceptors (Lipinski definition) is 13. The van der Waals surface area contributed by atoms with Gasteiger partial charge in [-0.05, 0) is 25.1 Å². The lowest BCUT2D eigenvalue weighted by molar-refractivity contribution is 0.484. The number of aromatic nitrogens is 6. The van der Waals surface area contributed by atoms with Crippen LogP contribution in [0.4, 0.5) is 41.1 Å². The van der Waals surface area contributed by atoms with Gasteiger partial charge in [-0.25, -0.2) is 0 Å². The molecular formula is C15H19N11O3S. The van der Waals surface area contributed by atoms with Crippen molar-refractivity contribution in [2.45, 2.75) is 6.92 Å². The minimum Gasteiger partial charge on any atom is -0.368 e. The first kappa shape index (κ1) is 20.9. The van der Waals surface area contributed by atoms with Gasteiger partial charge in [0.15, 0.2) is 0 Å². The summed E-state index contributed by atoms with van der Waals surface area (Å²) in [5, 5.41) is 8.65. The number of nitrogens with two attached hydrogens (primary N) is 2. The maximum Gasteiger partial charge on any atom is 0.266 e. The van der Waals surface area contributed by atoms with Gasteiger partial charge in [0.05, 0.1) is 5.75 Å². The van der Waals surface area contributed by atoms with Crippen LogP contribution in [0.15, 0.2) is 24.3 Å². The zero-order valence-electron chi connectivity index (χ0n) is 15.7. The molecule has 0 saturated carbocycles. The summed E-state index contributed by atoms with van der Waals surface area (Å²) in [6.45, 7) is 1.60. The van der Waals surface area contributed by atoms with Crippen molar-refractivity contribution in [2.75, 3.05) is 39.7 Å². The molecule has 3 aromatic rings. The molecule has 0 unspecified atom stereocenters. The van der Waals surface area contributed by atoms with Crippen molar-refractivity contribution in [3.63, 3.8) is 0 Å². The summed E-state index contributed by atoms with van der Waals surface area (Å²) in [7, 11) is -4.11. The fraction of sp³-hybridized carbons (Fsp3) is 0.200. The van der Waals surface area contributed by atoms with Gasteiger partial charge >= 0.3 is 0 Å². The lowest BCUT2D eigenvalue weighted by Gasteiger charge is -2.10. The van der Waals surface area contributed by atoms with Gasteiger partial charge in [0.25, 0.3) is 10.1 Å². The van der Waals surface area contributed by atoms with Crippen molar-refractivity contribution < 1.29 is 13.0 Å². The fourth-order valence-electron chi connectivity index (χ4n) is 2.31. The molecule has 0 spiro atoms. The monoisotopic (exact) mass is 433 g/mol. The highest BCUT2D eigenvalue weighted by Crippen LogP contribution is 2.21. The number of anilines is 7. The maximum atomic E-state index is 10.8. The van der Waals surface area contributed by atoms with Gasteiger partial charge in [-0.3, -0.25) is 4.55 Å². The summed E-state index contributed by atoms with van der Waals surface area (Å²) < 4.78 is 30.4. The second-order valence-electron chi connectivity index (χ2n) is 5.95. The van der Waals surface area contributed by atoms with Gasteiger partial charge in [-0.2, -0.15) is 38.3 Å². The molecule has 15 heteroatoms. The van der Waals surface area contributed by atoms with E-state index in [2.05, 4.69) is 45.9 Å². The van der Waals surface area contributed by atoms with E-state index in [0.717, 1.165) is 0 Å². The predicted octanol–water partition coefficient (Wildman–Crippen LogP) is 0.316. The van der Waals surface area contributed by atoms with Crippen LogP contribution in [0.3, 0.4) is 0 Å². The van der Waals surface area contributed by atoms with Crippen LogP contribution in [0.5, 0.6) is 0 Å². The summed E-state index contributed by atoms with van der Waals surface area (Å²) in [6.07, 6.45) is 0. The summed E-state index contributed by atoms with van der Waals surface area (Å²) in [5.41, 5.74) is 12.6. The van der Waals surface area contributed by atoms with Gasteiger partial charge < -0.3 is 27.4 Å². The average Bonchev–Trinajstić information content (AvgIpc) is 2.59. The first-order valence-electron chi connectivity index (χ1n) is 8.49. The van der Waals surface area contributed by atoms with E-state index in [9.17, 15) is 8.42 Å². The molecule has 0 aliphatic rings. The zero-order valence-corrected chi connectivity index (χ0v) is 16.6. The highest BCUT2D eigenvalue weighted by atomic mass is 32.2. The number of hydrogen-bond donors (Lipinski definition) is 6. The fourth-order valence-corrected chi connectivity index (χ4v) is 2.67. The highest BCUT2D eigenvalue weighted by Gasteiger charge is 2.08. The number of nitrogens with one attached hydrogen (secondary N) is 3. The van der Waals surface area contributed by atoms with Crippen LogP contribution < -0.4 is 27.4 Å². The van der Waals surface area contributed by atoms with Gasteiger partial charge in [-0.15, -0.1) is 0 Å². The number of rotatable bonds is 8. The molecule has 0 aliphatic carbocycles. The smallest absolute Gasteiger partial charge is 0.266 e. The van der Waals surface area contributed by atoms with Crippen molar-refractivity contribution in [3.8, 4) is 0 Å². The number of benzene rings is 1. The molecule has 0 fully saturated rings.